The monoisotopic (exact) mass is 372 g/mol. The number of esters is 1. The first-order valence-corrected chi connectivity index (χ1v) is 8.99. The molecule has 1 N–H and O–H groups in total. The van der Waals surface area contributed by atoms with Crippen LogP contribution in [-0.4, -0.2) is 23.0 Å². The van der Waals surface area contributed by atoms with Gasteiger partial charge in [0.15, 0.2) is 0 Å². The lowest BCUT2D eigenvalue weighted by atomic mass is 10.1. The van der Waals surface area contributed by atoms with Crippen molar-refractivity contribution in [2.45, 2.75) is 13.5 Å². The van der Waals surface area contributed by atoms with Gasteiger partial charge in [0.1, 0.15) is 18.2 Å². The van der Waals surface area contributed by atoms with Crippen molar-refractivity contribution in [3.8, 4) is 17.1 Å². The van der Waals surface area contributed by atoms with Crippen LogP contribution in [0.1, 0.15) is 21.5 Å². The Morgan fingerprint density at radius 1 is 1.04 bits per heavy atom. The molecule has 0 aliphatic rings. The third-order valence-corrected chi connectivity index (χ3v) is 4.52. The molecule has 140 valence electrons. The van der Waals surface area contributed by atoms with Gasteiger partial charge in [-0.2, -0.15) is 0 Å². The lowest BCUT2D eigenvalue weighted by molar-refractivity contribution is 0.0601. The molecule has 28 heavy (non-hydrogen) atoms. The summed E-state index contributed by atoms with van der Waals surface area (Å²) in [6.07, 6.45) is 0. The summed E-state index contributed by atoms with van der Waals surface area (Å²) in [6.45, 7) is 2.60. The largest absolute Gasteiger partial charge is 0.489 e. The van der Waals surface area contributed by atoms with Gasteiger partial charge in [0.05, 0.1) is 23.7 Å². The molecule has 0 radical (unpaired) electrons. The van der Waals surface area contributed by atoms with Gasteiger partial charge < -0.3 is 14.5 Å². The second-order valence-electron chi connectivity index (χ2n) is 6.61. The van der Waals surface area contributed by atoms with E-state index >= 15 is 0 Å². The van der Waals surface area contributed by atoms with Crippen LogP contribution in [0.25, 0.3) is 22.4 Å². The number of H-pyrrole nitrogens is 1. The van der Waals surface area contributed by atoms with Crippen molar-refractivity contribution in [1.29, 1.82) is 0 Å². The van der Waals surface area contributed by atoms with Crippen LogP contribution in [0.2, 0.25) is 0 Å². The number of fused-ring (bicyclic) bond motifs is 1. The standard InChI is InChI=1S/C23H20N2O3/c1-15-4-3-5-16(12-15)14-28-19-9-6-17(7-10-19)22-24-20-11-8-18(23(26)27-2)13-21(20)25-22/h3-13H,14H2,1-2H3,(H,24,25). The van der Waals surface area contributed by atoms with Gasteiger partial charge >= 0.3 is 5.97 Å². The van der Waals surface area contributed by atoms with Crippen LogP contribution in [0.5, 0.6) is 5.75 Å². The van der Waals surface area contributed by atoms with E-state index in [1.807, 2.05) is 30.3 Å². The number of nitrogens with zero attached hydrogens (tertiary/aromatic N) is 1. The maximum Gasteiger partial charge on any atom is 0.337 e. The van der Waals surface area contributed by atoms with Crippen molar-refractivity contribution in [3.63, 3.8) is 0 Å². The van der Waals surface area contributed by atoms with Crippen LogP contribution >= 0.6 is 0 Å². The van der Waals surface area contributed by atoms with Gasteiger partial charge in [-0.3, -0.25) is 0 Å². The third kappa shape index (κ3) is 3.74. The summed E-state index contributed by atoms with van der Waals surface area (Å²) in [5, 5.41) is 0. The Hall–Kier alpha value is -3.60. The number of carbonyl (C=O) groups excluding carboxylic acids is 1. The van der Waals surface area contributed by atoms with E-state index < -0.39 is 0 Å². The van der Waals surface area contributed by atoms with Crippen LogP contribution in [0, 0.1) is 6.92 Å². The molecule has 0 amide bonds. The summed E-state index contributed by atoms with van der Waals surface area (Å²) in [7, 11) is 1.37. The van der Waals surface area contributed by atoms with Crippen molar-refractivity contribution >= 4 is 17.0 Å². The van der Waals surface area contributed by atoms with Crippen molar-refractivity contribution in [2.75, 3.05) is 7.11 Å². The quantitative estimate of drug-likeness (QED) is 0.506. The molecule has 0 aliphatic carbocycles. The van der Waals surface area contributed by atoms with Gasteiger partial charge in [-0.1, -0.05) is 29.8 Å². The Kier molecular flexibility index (Phi) is 4.81. The molecule has 4 aromatic rings. The summed E-state index contributed by atoms with van der Waals surface area (Å²) < 4.78 is 10.6. The Labute approximate surface area is 163 Å². The maximum atomic E-state index is 11.7. The number of nitrogens with one attached hydrogen (secondary N) is 1. The Balaban J connectivity index is 1.51. The molecule has 1 aromatic heterocycles. The average Bonchev–Trinajstić information content (AvgIpc) is 3.15. The molecule has 5 heteroatoms. The number of imidazole rings is 1. The summed E-state index contributed by atoms with van der Waals surface area (Å²) in [5.41, 5.74) is 5.38. The van der Waals surface area contributed by atoms with E-state index in [9.17, 15) is 4.79 Å². The molecule has 5 nitrogen and oxygen atoms in total. The number of hydrogen-bond acceptors (Lipinski definition) is 4. The molecule has 0 saturated heterocycles. The molecule has 0 fully saturated rings. The first-order chi connectivity index (χ1) is 13.6. The number of aryl methyl sites for hydroxylation is 1. The predicted octanol–water partition coefficient (Wildman–Crippen LogP) is 4.90. The van der Waals surface area contributed by atoms with Gasteiger partial charge in [-0.15, -0.1) is 0 Å². The zero-order chi connectivity index (χ0) is 19.5. The third-order valence-electron chi connectivity index (χ3n) is 4.52. The van der Waals surface area contributed by atoms with Gasteiger partial charge in [-0.05, 0) is 55.0 Å². The average molecular weight is 372 g/mol. The Morgan fingerprint density at radius 2 is 1.86 bits per heavy atom. The second-order valence-corrected chi connectivity index (χ2v) is 6.61. The fourth-order valence-electron chi connectivity index (χ4n) is 3.07. The smallest absolute Gasteiger partial charge is 0.337 e. The fourth-order valence-corrected chi connectivity index (χ4v) is 3.07. The summed E-state index contributed by atoms with van der Waals surface area (Å²) in [5.74, 6) is 1.17. The molecule has 0 spiro atoms. The number of benzene rings is 3. The predicted molar refractivity (Wildman–Crippen MR) is 108 cm³/mol. The number of carbonyl (C=O) groups is 1. The van der Waals surface area contributed by atoms with Crippen molar-refractivity contribution in [2.24, 2.45) is 0 Å². The van der Waals surface area contributed by atoms with Gasteiger partial charge in [-0.25, -0.2) is 9.78 Å². The normalized spacial score (nSPS) is 10.8. The molecule has 0 bridgehead atoms. The minimum atomic E-state index is -0.367. The lowest BCUT2D eigenvalue weighted by Crippen LogP contribution is -2.00. The molecule has 0 atom stereocenters. The highest BCUT2D eigenvalue weighted by Crippen LogP contribution is 2.24. The van der Waals surface area contributed by atoms with Gasteiger partial charge in [0.25, 0.3) is 0 Å². The molecular weight excluding hydrogens is 352 g/mol. The van der Waals surface area contributed by atoms with Crippen LogP contribution < -0.4 is 4.74 Å². The zero-order valence-corrected chi connectivity index (χ0v) is 15.7. The van der Waals surface area contributed by atoms with Crippen molar-refractivity contribution < 1.29 is 14.3 Å². The SMILES string of the molecule is COC(=O)c1ccc2nc(-c3ccc(OCc4cccc(C)c4)cc3)[nH]c2c1. The summed E-state index contributed by atoms with van der Waals surface area (Å²) in [6, 6.07) is 21.3. The molecular formula is C23H20N2O3. The van der Waals surface area contributed by atoms with E-state index in [-0.39, 0.29) is 5.97 Å². The first kappa shape index (κ1) is 17.8. The van der Waals surface area contributed by atoms with E-state index in [0.29, 0.717) is 12.2 Å². The van der Waals surface area contributed by atoms with Crippen molar-refractivity contribution in [1.82, 2.24) is 9.97 Å². The number of ether oxygens (including phenoxy) is 2. The number of aromatic amines is 1. The van der Waals surface area contributed by atoms with Crippen LogP contribution in [0.4, 0.5) is 0 Å². The van der Waals surface area contributed by atoms with Gasteiger partial charge in [0.2, 0.25) is 0 Å². The lowest BCUT2D eigenvalue weighted by Gasteiger charge is -2.07. The summed E-state index contributed by atoms with van der Waals surface area (Å²) >= 11 is 0. The molecule has 3 aromatic carbocycles. The zero-order valence-electron chi connectivity index (χ0n) is 15.7. The van der Waals surface area contributed by atoms with Gasteiger partial charge in [0, 0.05) is 5.56 Å². The second kappa shape index (κ2) is 7.56. The number of aromatic nitrogens is 2. The molecule has 0 saturated carbocycles. The van der Waals surface area contributed by atoms with E-state index in [0.717, 1.165) is 33.7 Å². The Bertz CT molecular complexity index is 1130. The van der Waals surface area contributed by atoms with Crippen LogP contribution in [-0.2, 0) is 11.3 Å². The number of hydrogen-bond donors (Lipinski definition) is 1. The van der Waals surface area contributed by atoms with E-state index in [1.165, 1.54) is 12.7 Å². The highest BCUT2D eigenvalue weighted by atomic mass is 16.5. The van der Waals surface area contributed by atoms with E-state index in [1.54, 1.807) is 18.2 Å². The molecule has 4 rings (SSSR count). The summed E-state index contributed by atoms with van der Waals surface area (Å²) in [4.78, 5) is 19.5. The maximum absolute atomic E-state index is 11.7. The minimum Gasteiger partial charge on any atom is -0.489 e. The van der Waals surface area contributed by atoms with E-state index in [2.05, 4.69) is 35.1 Å². The Morgan fingerprint density at radius 3 is 2.61 bits per heavy atom. The molecule has 1 heterocycles. The van der Waals surface area contributed by atoms with Crippen LogP contribution in [0.3, 0.4) is 0 Å². The number of methoxy groups -OCH3 is 1. The minimum absolute atomic E-state index is 0.367. The highest BCUT2D eigenvalue weighted by molar-refractivity contribution is 5.94. The fraction of sp³-hybridized carbons (Fsp3) is 0.130. The highest BCUT2D eigenvalue weighted by Gasteiger charge is 2.10. The van der Waals surface area contributed by atoms with Crippen molar-refractivity contribution in [3.05, 3.63) is 83.4 Å². The number of rotatable bonds is 5. The molecule has 0 unspecified atom stereocenters. The first-order valence-electron chi connectivity index (χ1n) is 8.99. The van der Waals surface area contributed by atoms with Crippen LogP contribution in [0.15, 0.2) is 66.7 Å². The van der Waals surface area contributed by atoms with E-state index in [4.69, 9.17) is 9.47 Å². The molecule has 0 aliphatic heterocycles. The topological polar surface area (TPSA) is 64.2 Å².